The van der Waals surface area contributed by atoms with E-state index in [0.717, 1.165) is 62.9 Å². The molecule has 3 heterocycles. The zero-order valence-electron chi connectivity index (χ0n) is 22.3. The quantitative estimate of drug-likeness (QED) is 0.253. The van der Waals surface area contributed by atoms with Crippen molar-refractivity contribution in [2.45, 2.75) is 46.0 Å². The molecule has 39 heavy (non-hydrogen) atoms. The fourth-order valence-corrected chi connectivity index (χ4v) is 4.49. The van der Waals surface area contributed by atoms with E-state index in [1.807, 2.05) is 0 Å². The number of carbonyl (C=O) groups excluding carboxylic acids is 1. The fraction of sp³-hybridized carbons (Fsp3) is 0.464. The Morgan fingerprint density at radius 1 is 1.23 bits per heavy atom. The van der Waals surface area contributed by atoms with E-state index in [9.17, 15) is 13.6 Å². The molecule has 3 aromatic rings. The summed E-state index contributed by atoms with van der Waals surface area (Å²) >= 11 is 0. The predicted molar refractivity (Wildman–Crippen MR) is 142 cm³/mol. The zero-order valence-corrected chi connectivity index (χ0v) is 22.3. The summed E-state index contributed by atoms with van der Waals surface area (Å²) in [7, 11) is 0. The molecule has 0 spiro atoms. The molecule has 0 bridgehead atoms. The van der Waals surface area contributed by atoms with Gasteiger partial charge in [0.25, 0.3) is 5.91 Å². The van der Waals surface area contributed by atoms with Crippen LogP contribution in [0.25, 0.3) is 11.4 Å². The molecule has 1 saturated heterocycles. The van der Waals surface area contributed by atoms with Crippen LogP contribution in [0.2, 0.25) is 0 Å². The molecule has 4 rings (SSSR count). The lowest BCUT2D eigenvalue weighted by atomic mass is 9.92. The Kier molecular flexibility index (Phi) is 9.56. The number of ether oxygens (including phenoxy) is 1. The number of hydrogen-bond donors (Lipinski definition) is 1. The van der Waals surface area contributed by atoms with E-state index in [1.54, 1.807) is 12.4 Å². The molecule has 0 atom stereocenters. The topological polar surface area (TPSA) is 106 Å². The highest BCUT2D eigenvalue weighted by Crippen LogP contribution is 2.26. The molecular formula is C28H34F2N6O3. The van der Waals surface area contributed by atoms with Gasteiger partial charge in [-0.05, 0) is 37.5 Å². The van der Waals surface area contributed by atoms with Gasteiger partial charge in [-0.25, -0.2) is 18.7 Å². The van der Waals surface area contributed by atoms with Crippen LogP contribution in [-0.2, 0) is 6.42 Å². The zero-order chi connectivity index (χ0) is 27.8. The molecule has 0 saturated carbocycles. The summed E-state index contributed by atoms with van der Waals surface area (Å²) in [6, 6.07) is 2.08. The van der Waals surface area contributed by atoms with Crippen LogP contribution in [0, 0.1) is 23.5 Å². The predicted octanol–water partition coefficient (Wildman–Crippen LogP) is 4.99. The van der Waals surface area contributed by atoms with Crippen molar-refractivity contribution in [2.24, 2.45) is 11.8 Å². The van der Waals surface area contributed by atoms with Gasteiger partial charge in [0.05, 0.1) is 12.2 Å². The van der Waals surface area contributed by atoms with Crippen LogP contribution in [0.5, 0.6) is 5.75 Å². The maximum absolute atomic E-state index is 14.3. The van der Waals surface area contributed by atoms with Crippen molar-refractivity contribution in [3.63, 3.8) is 0 Å². The first kappa shape index (κ1) is 28.1. The first-order valence-electron chi connectivity index (χ1n) is 13.2. The van der Waals surface area contributed by atoms with E-state index in [0.29, 0.717) is 36.1 Å². The van der Waals surface area contributed by atoms with Crippen molar-refractivity contribution < 1.29 is 22.8 Å². The Hall–Kier alpha value is -3.89. The van der Waals surface area contributed by atoms with Crippen LogP contribution in [0.3, 0.4) is 0 Å². The molecule has 1 aromatic carbocycles. The molecule has 0 radical (unpaired) electrons. The van der Waals surface area contributed by atoms with Crippen LogP contribution in [0.4, 0.5) is 14.7 Å². The molecule has 1 fully saturated rings. The molecule has 1 N–H and O–H groups in total. The lowest BCUT2D eigenvalue weighted by Gasteiger charge is -2.32. The van der Waals surface area contributed by atoms with Crippen LogP contribution in [0.1, 0.15) is 55.8 Å². The number of piperidine rings is 1. The molecular weight excluding hydrogens is 506 g/mol. The third-order valence-corrected chi connectivity index (χ3v) is 6.52. The number of hydrogen-bond acceptors (Lipinski definition) is 8. The Morgan fingerprint density at radius 2 is 1.92 bits per heavy atom. The van der Waals surface area contributed by atoms with Gasteiger partial charge < -0.3 is 19.5 Å². The van der Waals surface area contributed by atoms with Gasteiger partial charge in [0, 0.05) is 50.6 Å². The van der Waals surface area contributed by atoms with E-state index >= 15 is 0 Å². The molecule has 1 amide bonds. The van der Waals surface area contributed by atoms with E-state index in [2.05, 4.69) is 50.8 Å². The lowest BCUT2D eigenvalue weighted by molar-refractivity contribution is 0.0949. The number of benzene rings is 1. The highest BCUT2D eigenvalue weighted by Gasteiger charge is 2.22. The minimum Gasteiger partial charge on any atom is -0.493 e. The minimum absolute atomic E-state index is 0.0673. The molecule has 11 heteroatoms. The van der Waals surface area contributed by atoms with E-state index in [4.69, 9.17) is 9.26 Å². The van der Waals surface area contributed by atoms with Gasteiger partial charge in [0.1, 0.15) is 22.9 Å². The normalized spacial score (nSPS) is 14.0. The Labute approximate surface area is 226 Å². The van der Waals surface area contributed by atoms with Gasteiger partial charge in [-0.15, -0.1) is 6.58 Å². The largest absolute Gasteiger partial charge is 0.493 e. The molecule has 1 aliphatic heterocycles. The number of nitrogens with one attached hydrogen (secondary N) is 1. The molecule has 1 aliphatic rings. The average Bonchev–Trinajstić information content (AvgIpc) is 3.38. The SMILES string of the molecule is C=CCNC(=O)c1c(F)cc(OCCCC2CCN(c3ncc(-c4noc(CC(C)C)n4)cn3)CC2)cc1F. The summed E-state index contributed by atoms with van der Waals surface area (Å²) in [6.45, 7) is 9.80. The van der Waals surface area contributed by atoms with Gasteiger partial charge in [-0.2, -0.15) is 4.98 Å². The lowest BCUT2D eigenvalue weighted by Crippen LogP contribution is -2.34. The number of amides is 1. The number of carbonyl (C=O) groups is 1. The molecule has 0 aliphatic carbocycles. The summed E-state index contributed by atoms with van der Waals surface area (Å²) in [4.78, 5) is 27.5. The van der Waals surface area contributed by atoms with Gasteiger partial charge in [-0.1, -0.05) is 25.1 Å². The summed E-state index contributed by atoms with van der Waals surface area (Å²) in [5, 5.41) is 6.40. The van der Waals surface area contributed by atoms with Crippen LogP contribution < -0.4 is 15.0 Å². The minimum atomic E-state index is -0.956. The first-order chi connectivity index (χ1) is 18.8. The maximum Gasteiger partial charge on any atom is 0.257 e. The van der Waals surface area contributed by atoms with Crippen LogP contribution >= 0.6 is 0 Å². The van der Waals surface area contributed by atoms with Crippen molar-refractivity contribution >= 4 is 11.9 Å². The second-order valence-corrected chi connectivity index (χ2v) is 10.1. The van der Waals surface area contributed by atoms with Crippen LogP contribution in [0.15, 0.2) is 41.7 Å². The monoisotopic (exact) mass is 540 g/mol. The summed E-state index contributed by atoms with van der Waals surface area (Å²) in [6.07, 6.45) is 9.29. The fourth-order valence-electron chi connectivity index (χ4n) is 4.49. The van der Waals surface area contributed by atoms with Gasteiger partial charge in [0.15, 0.2) is 0 Å². The van der Waals surface area contributed by atoms with Gasteiger partial charge in [-0.3, -0.25) is 4.79 Å². The van der Waals surface area contributed by atoms with E-state index in [1.165, 1.54) is 6.08 Å². The summed E-state index contributed by atoms with van der Waals surface area (Å²) in [5.74, 6) is 0.0622. The van der Waals surface area contributed by atoms with Crippen molar-refractivity contribution in [3.05, 3.63) is 60.3 Å². The van der Waals surface area contributed by atoms with Crippen molar-refractivity contribution in [1.29, 1.82) is 0 Å². The molecule has 2 aromatic heterocycles. The summed E-state index contributed by atoms with van der Waals surface area (Å²) < 4.78 is 39.4. The number of rotatable bonds is 12. The Morgan fingerprint density at radius 3 is 2.56 bits per heavy atom. The van der Waals surface area contributed by atoms with Crippen LogP contribution in [-0.4, -0.2) is 52.3 Å². The number of halogens is 2. The van der Waals surface area contributed by atoms with Gasteiger partial charge in [0.2, 0.25) is 17.7 Å². The van der Waals surface area contributed by atoms with E-state index in [-0.39, 0.29) is 12.3 Å². The Balaban J connectivity index is 1.19. The first-order valence-corrected chi connectivity index (χ1v) is 13.2. The number of nitrogens with zero attached hydrogens (tertiary/aromatic N) is 5. The highest BCUT2D eigenvalue weighted by molar-refractivity contribution is 5.95. The second-order valence-electron chi connectivity index (χ2n) is 10.1. The van der Waals surface area contributed by atoms with E-state index < -0.39 is 23.1 Å². The number of anilines is 1. The summed E-state index contributed by atoms with van der Waals surface area (Å²) in [5.41, 5.74) is 0.0953. The average molecular weight is 541 g/mol. The molecule has 0 unspecified atom stereocenters. The molecule has 9 nitrogen and oxygen atoms in total. The maximum atomic E-state index is 14.3. The van der Waals surface area contributed by atoms with Crippen molar-refractivity contribution in [2.75, 3.05) is 31.1 Å². The smallest absolute Gasteiger partial charge is 0.257 e. The molecule has 208 valence electrons. The Bertz CT molecular complexity index is 1230. The highest BCUT2D eigenvalue weighted by atomic mass is 19.1. The third kappa shape index (κ3) is 7.58. The standard InChI is InChI=1S/C28H34F2N6O3/c1-4-9-31-27(37)25-22(29)14-21(15-23(25)30)38-12-5-6-19-7-10-36(11-8-19)28-32-16-20(17-33-28)26-34-24(39-35-26)13-18(2)3/h4,14-19H,1,5-13H2,2-3H3,(H,31,37). The van der Waals surface area contributed by atoms with Gasteiger partial charge >= 0.3 is 0 Å². The third-order valence-electron chi connectivity index (χ3n) is 6.52. The number of aromatic nitrogens is 4. The van der Waals surface area contributed by atoms with Crippen molar-refractivity contribution in [1.82, 2.24) is 25.4 Å². The second kappa shape index (κ2) is 13.3. The van der Waals surface area contributed by atoms with Crippen molar-refractivity contribution in [3.8, 4) is 17.1 Å².